The molecule has 1 heterocycles. The van der Waals surface area contributed by atoms with Crippen molar-refractivity contribution < 1.29 is 19.4 Å². The van der Waals surface area contributed by atoms with E-state index in [2.05, 4.69) is 12.2 Å². The number of carbonyl (C=O) groups excluding carboxylic acids is 2. The number of benzene rings is 2. The highest BCUT2D eigenvalue weighted by atomic mass is 16.5. The number of hydrogen-bond donors (Lipinski definition) is 2. The van der Waals surface area contributed by atoms with Crippen LogP contribution in [0.3, 0.4) is 0 Å². The van der Waals surface area contributed by atoms with Gasteiger partial charge in [-0.05, 0) is 36.6 Å². The maximum atomic E-state index is 12.8. The Kier molecular flexibility index (Phi) is 5.46. The zero-order valence-corrected chi connectivity index (χ0v) is 15.5. The Morgan fingerprint density at radius 1 is 1.11 bits per heavy atom. The second-order valence-corrected chi connectivity index (χ2v) is 6.80. The molecule has 2 unspecified atom stereocenters. The van der Waals surface area contributed by atoms with Crippen molar-refractivity contribution in [1.82, 2.24) is 10.2 Å². The summed E-state index contributed by atoms with van der Waals surface area (Å²) in [7, 11) is 0. The first-order chi connectivity index (χ1) is 12.9. The summed E-state index contributed by atoms with van der Waals surface area (Å²) in [5.74, 6) is 0.252. The van der Waals surface area contributed by atoms with Crippen LogP contribution in [-0.2, 0) is 16.8 Å². The molecule has 1 aliphatic heterocycles. The Morgan fingerprint density at radius 3 is 2.41 bits per heavy atom. The summed E-state index contributed by atoms with van der Waals surface area (Å²) in [4.78, 5) is 26.1. The van der Waals surface area contributed by atoms with E-state index in [0.29, 0.717) is 11.3 Å². The predicted molar refractivity (Wildman–Crippen MR) is 101 cm³/mol. The molecule has 27 heavy (non-hydrogen) atoms. The Bertz CT molecular complexity index is 807. The number of aryl methyl sites for hydroxylation is 1. The van der Waals surface area contributed by atoms with Crippen LogP contribution >= 0.6 is 0 Å². The van der Waals surface area contributed by atoms with Crippen LogP contribution in [0.25, 0.3) is 0 Å². The number of β-amino-alcohol motifs (C(OH)–C–C–N with tert-alkyl or cyclic N) is 1. The van der Waals surface area contributed by atoms with Gasteiger partial charge in [-0.1, -0.05) is 49.4 Å². The van der Waals surface area contributed by atoms with Crippen molar-refractivity contribution in [3.8, 4) is 5.75 Å². The summed E-state index contributed by atoms with van der Waals surface area (Å²) in [5.41, 5.74) is 0.768. The number of ether oxygens (including phenoxy) is 1. The van der Waals surface area contributed by atoms with E-state index in [0.717, 1.165) is 11.3 Å². The summed E-state index contributed by atoms with van der Waals surface area (Å²) >= 11 is 0. The number of imide groups is 1. The third kappa shape index (κ3) is 3.95. The van der Waals surface area contributed by atoms with Crippen LogP contribution in [0.5, 0.6) is 5.75 Å². The van der Waals surface area contributed by atoms with Crippen LogP contribution in [0, 0.1) is 0 Å². The number of nitrogens with one attached hydrogen (secondary N) is 1. The molecule has 2 atom stereocenters. The molecule has 6 heteroatoms. The Morgan fingerprint density at radius 2 is 1.78 bits per heavy atom. The summed E-state index contributed by atoms with van der Waals surface area (Å²) in [6.07, 6.45) is -0.0430. The highest BCUT2D eigenvalue weighted by molar-refractivity contribution is 6.07. The van der Waals surface area contributed by atoms with Gasteiger partial charge in [0.1, 0.15) is 24.0 Å². The molecule has 3 rings (SSSR count). The number of aliphatic hydroxyl groups is 1. The molecule has 0 saturated carbocycles. The lowest BCUT2D eigenvalue weighted by atomic mass is 9.92. The Balaban J connectivity index is 1.61. The minimum atomic E-state index is -1.13. The van der Waals surface area contributed by atoms with E-state index in [1.807, 2.05) is 42.5 Å². The minimum Gasteiger partial charge on any atom is -0.491 e. The van der Waals surface area contributed by atoms with E-state index in [9.17, 15) is 14.7 Å². The van der Waals surface area contributed by atoms with Gasteiger partial charge in [-0.2, -0.15) is 0 Å². The lowest BCUT2D eigenvalue weighted by Crippen LogP contribution is -2.42. The van der Waals surface area contributed by atoms with E-state index < -0.39 is 17.7 Å². The van der Waals surface area contributed by atoms with Gasteiger partial charge in [-0.25, -0.2) is 4.79 Å². The molecule has 6 nitrogen and oxygen atoms in total. The van der Waals surface area contributed by atoms with E-state index in [1.165, 1.54) is 5.56 Å². The molecule has 1 saturated heterocycles. The molecule has 1 fully saturated rings. The average Bonchev–Trinajstić information content (AvgIpc) is 2.91. The van der Waals surface area contributed by atoms with Gasteiger partial charge in [0.15, 0.2) is 0 Å². The number of aliphatic hydroxyl groups excluding tert-OH is 1. The van der Waals surface area contributed by atoms with Gasteiger partial charge < -0.3 is 15.2 Å². The van der Waals surface area contributed by atoms with Crippen LogP contribution in [0.2, 0.25) is 0 Å². The minimum absolute atomic E-state index is 0.00934. The van der Waals surface area contributed by atoms with Crippen molar-refractivity contribution in [2.75, 3.05) is 13.2 Å². The zero-order chi connectivity index (χ0) is 19.4. The number of carbonyl (C=O) groups is 2. The fraction of sp³-hybridized carbons (Fsp3) is 0.333. The van der Waals surface area contributed by atoms with Crippen molar-refractivity contribution in [2.45, 2.75) is 31.9 Å². The van der Waals surface area contributed by atoms with Crippen LogP contribution in [0.4, 0.5) is 4.79 Å². The second kappa shape index (κ2) is 7.80. The number of nitrogens with zero attached hydrogens (tertiary/aromatic N) is 1. The SMILES string of the molecule is CCc1ccc(OCC(O)CN2C(=O)NC(C)(c3ccccc3)C2=O)cc1. The summed E-state index contributed by atoms with van der Waals surface area (Å²) in [6, 6.07) is 16.1. The highest BCUT2D eigenvalue weighted by Gasteiger charge is 2.49. The fourth-order valence-electron chi connectivity index (χ4n) is 3.11. The van der Waals surface area contributed by atoms with E-state index in [1.54, 1.807) is 19.1 Å². The van der Waals surface area contributed by atoms with Crippen LogP contribution in [-0.4, -0.2) is 41.2 Å². The molecule has 1 aliphatic rings. The van der Waals surface area contributed by atoms with Gasteiger partial charge in [0.2, 0.25) is 0 Å². The monoisotopic (exact) mass is 368 g/mol. The topological polar surface area (TPSA) is 78.9 Å². The van der Waals surface area contributed by atoms with Crippen molar-refractivity contribution in [1.29, 1.82) is 0 Å². The van der Waals surface area contributed by atoms with Crippen molar-refractivity contribution >= 4 is 11.9 Å². The van der Waals surface area contributed by atoms with Gasteiger partial charge in [-0.3, -0.25) is 9.69 Å². The third-order valence-corrected chi connectivity index (χ3v) is 4.79. The van der Waals surface area contributed by atoms with Crippen LogP contribution in [0.15, 0.2) is 54.6 Å². The zero-order valence-electron chi connectivity index (χ0n) is 15.5. The number of amides is 3. The van der Waals surface area contributed by atoms with Gasteiger partial charge in [0.05, 0.1) is 6.54 Å². The number of rotatable bonds is 7. The van der Waals surface area contributed by atoms with E-state index in [4.69, 9.17) is 4.74 Å². The van der Waals surface area contributed by atoms with Crippen LogP contribution < -0.4 is 10.1 Å². The first-order valence-corrected chi connectivity index (χ1v) is 9.03. The van der Waals surface area contributed by atoms with Crippen molar-refractivity contribution in [3.05, 3.63) is 65.7 Å². The van der Waals surface area contributed by atoms with Crippen LogP contribution in [0.1, 0.15) is 25.0 Å². The average molecular weight is 368 g/mol. The molecule has 3 amide bonds. The molecule has 0 aromatic heterocycles. The highest BCUT2D eigenvalue weighted by Crippen LogP contribution is 2.28. The van der Waals surface area contributed by atoms with Gasteiger partial charge >= 0.3 is 6.03 Å². The number of hydrogen-bond acceptors (Lipinski definition) is 4. The Labute approximate surface area is 158 Å². The predicted octanol–water partition coefficient (Wildman–Crippen LogP) is 2.46. The summed E-state index contributed by atoms with van der Waals surface area (Å²) < 4.78 is 5.56. The fourth-order valence-corrected chi connectivity index (χ4v) is 3.11. The normalized spacial score (nSPS) is 20.5. The number of urea groups is 1. The molecule has 0 radical (unpaired) electrons. The smallest absolute Gasteiger partial charge is 0.325 e. The first-order valence-electron chi connectivity index (χ1n) is 9.03. The first kappa shape index (κ1) is 18.9. The molecule has 2 aromatic carbocycles. The molecular weight excluding hydrogens is 344 g/mol. The molecule has 142 valence electrons. The van der Waals surface area contributed by atoms with Gasteiger partial charge in [-0.15, -0.1) is 0 Å². The van der Waals surface area contributed by atoms with Crippen molar-refractivity contribution in [2.24, 2.45) is 0 Å². The second-order valence-electron chi connectivity index (χ2n) is 6.80. The Hall–Kier alpha value is -2.86. The lowest BCUT2D eigenvalue weighted by molar-refractivity contribution is -0.132. The van der Waals surface area contributed by atoms with Crippen molar-refractivity contribution in [3.63, 3.8) is 0 Å². The maximum absolute atomic E-state index is 12.8. The molecule has 0 bridgehead atoms. The third-order valence-electron chi connectivity index (χ3n) is 4.79. The van der Waals surface area contributed by atoms with E-state index >= 15 is 0 Å². The standard InChI is InChI=1S/C21H24N2O4/c1-3-15-9-11-18(12-10-15)27-14-17(24)13-23-19(25)21(2,22-20(23)26)16-7-5-4-6-8-16/h4-12,17,24H,3,13-14H2,1-2H3,(H,22,26). The largest absolute Gasteiger partial charge is 0.491 e. The molecular formula is C21H24N2O4. The lowest BCUT2D eigenvalue weighted by Gasteiger charge is -2.23. The maximum Gasteiger partial charge on any atom is 0.325 e. The van der Waals surface area contributed by atoms with Gasteiger partial charge in [0, 0.05) is 0 Å². The molecule has 0 spiro atoms. The molecule has 2 aromatic rings. The molecule has 2 N–H and O–H groups in total. The molecule has 0 aliphatic carbocycles. The van der Waals surface area contributed by atoms with Gasteiger partial charge in [0.25, 0.3) is 5.91 Å². The summed E-state index contributed by atoms with van der Waals surface area (Å²) in [6.45, 7) is 3.60. The quantitative estimate of drug-likeness (QED) is 0.736. The van der Waals surface area contributed by atoms with E-state index in [-0.39, 0.29) is 19.1 Å². The summed E-state index contributed by atoms with van der Waals surface area (Å²) in [5, 5.41) is 13.0.